The van der Waals surface area contributed by atoms with Gasteiger partial charge in [-0.25, -0.2) is 0 Å². The first-order valence-electron chi connectivity index (χ1n) is 19.7. The average molecular weight is 670 g/mol. The number of ketones is 1. The molecule has 0 radical (unpaired) electrons. The van der Waals surface area contributed by atoms with E-state index in [1.807, 2.05) is 6.92 Å². The number of hydrogen-bond donors (Lipinski definition) is 1. The molecule has 1 N–H and O–H groups in total. The van der Waals surface area contributed by atoms with Crippen LogP contribution >= 0.6 is 0 Å². The van der Waals surface area contributed by atoms with Crippen LogP contribution in [0.25, 0.3) is 0 Å². The van der Waals surface area contributed by atoms with Gasteiger partial charge in [0.15, 0.2) is 0 Å². The zero-order chi connectivity index (χ0) is 35.1. The van der Waals surface area contributed by atoms with Crippen molar-refractivity contribution in [1.29, 1.82) is 0 Å². The summed E-state index contributed by atoms with van der Waals surface area (Å²) in [6.45, 7) is 16.1. The van der Waals surface area contributed by atoms with E-state index < -0.39 is 5.97 Å². The number of ether oxygens (including phenoxy) is 2. The van der Waals surface area contributed by atoms with Gasteiger partial charge in [-0.1, -0.05) is 79.4 Å². The number of nitrogens with one attached hydrogen (secondary N) is 1. The van der Waals surface area contributed by atoms with Crippen molar-refractivity contribution in [2.24, 2.45) is 46.3 Å². The first-order chi connectivity index (χ1) is 22.8. The first kappa shape index (κ1) is 38.6. The third kappa shape index (κ3) is 9.33. The maximum absolute atomic E-state index is 12.8. The number of Topliss-reactive ketones (excluding diaryl/α,β-unsaturated/α-hetero) is 1. The molecular formula is C41H67NO6. The summed E-state index contributed by atoms with van der Waals surface area (Å²) in [6, 6.07) is -0.330. The fraction of sp³-hybridized carbons (Fsp3) is 0.854. The summed E-state index contributed by atoms with van der Waals surface area (Å²) in [7, 11) is 0. The number of carbonyl (C=O) groups excluding carboxylic acids is 4. The molecular weight excluding hydrogens is 602 g/mol. The molecule has 3 saturated carbocycles. The lowest BCUT2D eigenvalue weighted by molar-refractivity contribution is -0.152. The fourth-order valence-corrected chi connectivity index (χ4v) is 10.5. The average Bonchev–Trinajstić information content (AvgIpc) is 3.41. The highest BCUT2D eigenvalue weighted by Crippen LogP contribution is 2.67. The topological polar surface area (TPSA) is 98.8 Å². The van der Waals surface area contributed by atoms with Crippen molar-refractivity contribution in [3.8, 4) is 0 Å². The monoisotopic (exact) mass is 669 g/mol. The van der Waals surface area contributed by atoms with Crippen LogP contribution in [0.15, 0.2) is 11.6 Å². The van der Waals surface area contributed by atoms with Crippen molar-refractivity contribution in [3.05, 3.63) is 11.6 Å². The van der Waals surface area contributed by atoms with E-state index in [0.29, 0.717) is 18.3 Å². The lowest BCUT2D eigenvalue weighted by Crippen LogP contribution is -2.51. The molecule has 4 aliphatic carbocycles. The maximum atomic E-state index is 12.8. The summed E-state index contributed by atoms with van der Waals surface area (Å²) in [5.41, 5.74) is 2.19. The van der Waals surface area contributed by atoms with E-state index in [-0.39, 0.29) is 67.5 Å². The van der Waals surface area contributed by atoms with E-state index in [1.54, 1.807) is 6.92 Å². The molecule has 0 aromatic carbocycles. The van der Waals surface area contributed by atoms with Crippen LogP contribution in [0.3, 0.4) is 0 Å². The van der Waals surface area contributed by atoms with Crippen LogP contribution < -0.4 is 5.32 Å². The summed E-state index contributed by atoms with van der Waals surface area (Å²) in [4.78, 5) is 48.8. The molecule has 4 aliphatic rings. The van der Waals surface area contributed by atoms with E-state index in [2.05, 4.69) is 46.0 Å². The minimum absolute atomic E-state index is 0.0251. The number of hydrogen-bond acceptors (Lipinski definition) is 6. The molecule has 272 valence electrons. The Bertz CT molecular complexity index is 1160. The third-order valence-corrected chi connectivity index (χ3v) is 13.4. The maximum Gasteiger partial charge on any atom is 0.306 e. The number of rotatable bonds is 17. The van der Waals surface area contributed by atoms with Crippen LogP contribution in [-0.4, -0.2) is 42.4 Å². The largest absolute Gasteiger partial charge is 0.463 e. The van der Waals surface area contributed by atoms with Gasteiger partial charge >= 0.3 is 11.9 Å². The molecule has 0 heterocycles. The molecule has 0 aromatic rings. The predicted molar refractivity (Wildman–Crippen MR) is 190 cm³/mol. The summed E-state index contributed by atoms with van der Waals surface area (Å²) < 4.78 is 11.2. The normalized spacial score (nSPS) is 32.2. The lowest BCUT2D eigenvalue weighted by Gasteiger charge is -2.58. The number of allylic oxidation sites excluding steroid dienone is 1. The summed E-state index contributed by atoms with van der Waals surface area (Å²) in [5, 5.41) is 2.87. The van der Waals surface area contributed by atoms with Crippen molar-refractivity contribution in [3.63, 3.8) is 0 Å². The van der Waals surface area contributed by atoms with Gasteiger partial charge < -0.3 is 14.8 Å². The van der Waals surface area contributed by atoms with Crippen LogP contribution in [0, 0.1) is 46.3 Å². The van der Waals surface area contributed by atoms with Crippen molar-refractivity contribution in [2.45, 2.75) is 170 Å². The zero-order valence-electron chi connectivity index (χ0n) is 31.4. The molecule has 9 atom stereocenters. The van der Waals surface area contributed by atoms with Gasteiger partial charge in [0, 0.05) is 25.7 Å². The van der Waals surface area contributed by atoms with Gasteiger partial charge in [0.2, 0.25) is 5.91 Å². The third-order valence-electron chi connectivity index (χ3n) is 13.4. The Hall–Kier alpha value is -2.18. The van der Waals surface area contributed by atoms with Gasteiger partial charge in [-0.05, 0) is 97.7 Å². The molecule has 0 bridgehead atoms. The Morgan fingerprint density at radius 1 is 0.896 bits per heavy atom. The molecule has 7 nitrogen and oxygen atoms in total. The number of carbonyl (C=O) groups is 4. The van der Waals surface area contributed by atoms with Crippen LogP contribution in [0.2, 0.25) is 0 Å². The molecule has 3 fully saturated rings. The van der Waals surface area contributed by atoms with Crippen LogP contribution in [0.5, 0.6) is 0 Å². The fourth-order valence-electron chi connectivity index (χ4n) is 10.5. The van der Waals surface area contributed by atoms with Crippen molar-refractivity contribution in [2.75, 3.05) is 6.61 Å². The minimum atomic E-state index is -0.438. The quantitative estimate of drug-likeness (QED) is 0.123. The van der Waals surface area contributed by atoms with E-state index in [9.17, 15) is 19.2 Å². The highest BCUT2D eigenvalue weighted by atomic mass is 16.5. The molecule has 4 unspecified atom stereocenters. The first-order valence-corrected chi connectivity index (χ1v) is 19.7. The van der Waals surface area contributed by atoms with E-state index in [0.717, 1.165) is 54.8 Å². The Morgan fingerprint density at radius 2 is 1.65 bits per heavy atom. The Morgan fingerprint density at radius 3 is 2.35 bits per heavy atom. The van der Waals surface area contributed by atoms with Gasteiger partial charge in [0.25, 0.3) is 0 Å². The summed E-state index contributed by atoms with van der Waals surface area (Å²) in [5.74, 6) is 3.85. The number of esters is 2. The van der Waals surface area contributed by atoms with Crippen molar-refractivity contribution in [1.82, 2.24) is 5.32 Å². The van der Waals surface area contributed by atoms with E-state index in [1.165, 1.54) is 56.9 Å². The molecule has 4 rings (SSSR count). The Balaban J connectivity index is 1.23. The lowest BCUT2D eigenvalue weighted by atomic mass is 9.47. The smallest absolute Gasteiger partial charge is 0.306 e. The number of fused-ring (bicyclic) bond motifs is 5. The Labute approximate surface area is 291 Å². The van der Waals surface area contributed by atoms with Gasteiger partial charge in [-0.15, -0.1) is 0 Å². The highest BCUT2D eigenvalue weighted by molar-refractivity contribution is 5.83. The van der Waals surface area contributed by atoms with Crippen LogP contribution in [-0.2, 0) is 28.7 Å². The van der Waals surface area contributed by atoms with Crippen LogP contribution in [0.4, 0.5) is 0 Å². The molecule has 0 aromatic heterocycles. The van der Waals surface area contributed by atoms with E-state index in [4.69, 9.17) is 9.47 Å². The van der Waals surface area contributed by atoms with Crippen molar-refractivity contribution < 1.29 is 28.7 Å². The Kier molecular flexibility index (Phi) is 13.8. The second kappa shape index (κ2) is 17.2. The number of amides is 1. The van der Waals surface area contributed by atoms with Gasteiger partial charge in [0.1, 0.15) is 18.5 Å². The second-order valence-electron chi connectivity index (χ2n) is 16.9. The highest BCUT2D eigenvalue weighted by Gasteiger charge is 2.59. The molecule has 1 amide bonds. The molecule has 7 heteroatoms. The molecule has 48 heavy (non-hydrogen) atoms. The standard InChI is InChI=1S/C41H67NO6/c1-8-30(26-47-38(45)19-14-31(43)9-2)42-37(44)18-20-39(46)48-32-21-23-40(6)29(25-32)13-15-33-35-17-16-34(28(5)12-10-11-27(3)4)41(35,7)24-22-36(33)40/h13,27-28,30,32-36H,8-12,14-26H2,1-7H3,(H,42,44)/t28-,30?,32+,33?,34-,35?,36?,40+,41-/m1/s1. The van der Waals surface area contributed by atoms with Gasteiger partial charge in [-0.3, -0.25) is 19.2 Å². The molecule has 0 saturated heterocycles. The van der Waals surface area contributed by atoms with E-state index >= 15 is 0 Å². The predicted octanol–water partition coefficient (Wildman–Crippen LogP) is 8.92. The zero-order valence-corrected chi connectivity index (χ0v) is 31.4. The van der Waals surface area contributed by atoms with Gasteiger partial charge in [-0.2, -0.15) is 0 Å². The molecule has 0 spiro atoms. The molecule has 0 aliphatic heterocycles. The summed E-state index contributed by atoms with van der Waals surface area (Å²) in [6.07, 6.45) is 17.3. The second-order valence-corrected chi connectivity index (χ2v) is 16.9. The van der Waals surface area contributed by atoms with Gasteiger partial charge in [0.05, 0.1) is 18.9 Å². The van der Waals surface area contributed by atoms with Crippen LogP contribution in [0.1, 0.15) is 158 Å². The minimum Gasteiger partial charge on any atom is -0.463 e. The van der Waals surface area contributed by atoms with Crippen molar-refractivity contribution >= 4 is 23.6 Å². The summed E-state index contributed by atoms with van der Waals surface area (Å²) >= 11 is 0. The SMILES string of the molecule is CCC(=O)CCC(=O)OCC(CC)NC(=O)CCC(=O)O[C@H]1CC[C@@]2(C)C(=CCC3C2CC[C@@]2(C)C3CC[C@@H]2[C@H](C)CCCC(C)C)C1.